The van der Waals surface area contributed by atoms with Gasteiger partial charge in [0.15, 0.2) is 0 Å². The molecular formula is C12H8N2O3. The van der Waals surface area contributed by atoms with E-state index in [1.54, 1.807) is 0 Å². The van der Waals surface area contributed by atoms with Crippen LogP contribution in [-0.2, 0) is 0 Å². The number of aromatic amines is 1. The van der Waals surface area contributed by atoms with E-state index in [1.807, 2.05) is 30.5 Å². The third-order valence-electron chi connectivity index (χ3n) is 2.58. The summed E-state index contributed by atoms with van der Waals surface area (Å²) in [6.07, 6.45) is 1.83. The minimum Gasteiger partial charge on any atom is -0.475 e. The molecule has 0 spiro atoms. The van der Waals surface area contributed by atoms with Gasteiger partial charge in [-0.15, -0.1) is 0 Å². The van der Waals surface area contributed by atoms with Gasteiger partial charge in [-0.25, -0.2) is 4.79 Å². The molecule has 3 aromatic rings. The first-order chi connectivity index (χ1) is 8.25. The topological polar surface area (TPSA) is 79.1 Å². The molecule has 0 atom stereocenters. The van der Waals surface area contributed by atoms with Crippen LogP contribution < -0.4 is 0 Å². The zero-order chi connectivity index (χ0) is 11.8. The number of hydrogen-bond donors (Lipinski definition) is 2. The van der Waals surface area contributed by atoms with Crippen molar-refractivity contribution in [1.82, 2.24) is 10.1 Å². The molecule has 0 unspecified atom stereocenters. The van der Waals surface area contributed by atoms with E-state index in [2.05, 4.69) is 10.1 Å². The summed E-state index contributed by atoms with van der Waals surface area (Å²) in [4.78, 5) is 13.8. The monoisotopic (exact) mass is 228 g/mol. The van der Waals surface area contributed by atoms with Crippen LogP contribution >= 0.6 is 0 Å². The maximum Gasteiger partial charge on any atom is 0.374 e. The van der Waals surface area contributed by atoms with E-state index < -0.39 is 5.97 Å². The first-order valence-electron chi connectivity index (χ1n) is 5.02. The van der Waals surface area contributed by atoms with Crippen LogP contribution in [0.15, 0.2) is 41.1 Å². The molecule has 0 bridgehead atoms. The molecule has 0 saturated heterocycles. The van der Waals surface area contributed by atoms with Gasteiger partial charge in [-0.05, 0) is 6.07 Å². The van der Waals surface area contributed by atoms with E-state index in [0.29, 0.717) is 5.69 Å². The maximum atomic E-state index is 10.7. The van der Waals surface area contributed by atoms with Crippen molar-refractivity contribution in [1.29, 1.82) is 0 Å². The number of carbonyl (C=O) groups is 1. The van der Waals surface area contributed by atoms with Gasteiger partial charge >= 0.3 is 5.97 Å². The van der Waals surface area contributed by atoms with Crippen LogP contribution in [0.1, 0.15) is 10.6 Å². The minimum absolute atomic E-state index is 0.163. The van der Waals surface area contributed by atoms with Crippen molar-refractivity contribution in [3.05, 3.63) is 42.3 Å². The zero-order valence-electron chi connectivity index (χ0n) is 8.68. The van der Waals surface area contributed by atoms with E-state index >= 15 is 0 Å². The summed E-state index contributed by atoms with van der Waals surface area (Å²) in [6.45, 7) is 0. The fourth-order valence-electron chi connectivity index (χ4n) is 1.80. The molecule has 0 aliphatic carbocycles. The minimum atomic E-state index is -1.12. The molecule has 2 heterocycles. The molecule has 0 radical (unpaired) electrons. The SMILES string of the molecule is O=C(O)c1cc(-c2cccc3cc[nH]c23)no1. The predicted octanol–water partition coefficient (Wildman–Crippen LogP) is 2.52. The molecular weight excluding hydrogens is 220 g/mol. The first-order valence-corrected chi connectivity index (χ1v) is 5.02. The summed E-state index contributed by atoms with van der Waals surface area (Å²) in [5.41, 5.74) is 2.25. The Morgan fingerprint density at radius 3 is 3.00 bits per heavy atom. The highest BCUT2D eigenvalue weighted by atomic mass is 16.5. The Morgan fingerprint density at radius 2 is 2.24 bits per heavy atom. The molecule has 0 aliphatic heterocycles. The van der Waals surface area contributed by atoms with Crippen molar-refractivity contribution in [3.8, 4) is 11.3 Å². The van der Waals surface area contributed by atoms with Crippen LogP contribution in [-0.4, -0.2) is 21.2 Å². The van der Waals surface area contributed by atoms with Gasteiger partial charge < -0.3 is 14.6 Å². The van der Waals surface area contributed by atoms with Crippen LogP contribution in [0.25, 0.3) is 22.2 Å². The number of nitrogens with zero attached hydrogens (tertiary/aromatic N) is 1. The summed E-state index contributed by atoms with van der Waals surface area (Å²) >= 11 is 0. The van der Waals surface area contributed by atoms with Crippen molar-refractivity contribution in [2.45, 2.75) is 0 Å². The summed E-state index contributed by atoms with van der Waals surface area (Å²) < 4.78 is 4.74. The number of nitrogens with one attached hydrogen (secondary N) is 1. The van der Waals surface area contributed by atoms with Crippen LogP contribution in [0, 0.1) is 0 Å². The van der Waals surface area contributed by atoms with E-state index in [-0.39, 0.29) is 5.76 Å². The molecule has 17 heavy (non-hydrogen) atoms. The van der Waals surface area contributed by atoms with E-state index in [0.717, 1.165) is 16.5 Å². The van der Waals surface area contributed by atoms with Crippen molar-refractivity contribution in [3.63, 3.8) is 0 Å². The van der Waals surface area contributed by atoms with Gasteiger partial charge in [0.25, 0.3) is 0 Å². The molecule has 1 aromatic carbocycles. The Hall–Kier alpha value is -2.56. The molecule has 2 aromatic heterocycles. The van der Waals surface area contributed by atoms with Gasteiger partial charge in [-0.3, -0.25) is 0 Å². The van der Waals surface area contributed by atoms with Crippen LogP contribution in [0.3, 0.4) is 0 Å². The lowest BCUT2D eigenvalue weighted by Crippen LogP contribution is -1.91. The largest absolute Gasteiger partial charge is 0.475 e. The average molecular weight is 228 g/mol. The summed E-state index contributed by atoms with van der Waals surface area (Å²) in [5, 5.41) is 13.6. The number of benzene rings is 1. The zero-order valence-corrected chi connectivity index (χ0v) is 8.68. The van der Waals surface area contributed by atoms with Crippen LogP contribution in [0.2, 0.25) is 0 Å². The highest BCUT2D eigenvalue weighted by molar-refractivity contribution is 5.94. The van der Waals surface area contributed by atoms with Crippen molar-refractivity contribution in [2.24, 2.45) is 0 Å². The van der Waals surface area contributed by atoms with Gasteiger partial charge in [0, 0.05) is 23.2 Å². The summed E-state index contributed by atoms with van der Waals surface area (Å²) in [5.74, 6) is -1.29. The lowest BCUT2D eigenvalue weighted by atomic mass is 10.1. The highest BCUT2D eigenvalue weighted by Crippen LogP contribution is 2.27. The molecule has 0 amide bonds. The van der Waals surface area contributed by atoms with Crippen molar-refractivity contribution < 1.29 is 14.4 Å². The Kier molecular flexibility index (Phi) is 1.98. The van der Waals surface area contributed by atoms with Crippen LogP contribution in [0.4, 0.5) is 0 Å². The molecule has 3 rings (SSSR count). The van der Waals surface area contributed by atoms with E-state index in [1.165, 1.54) is 6.07 Å². The average Bonchev–Trinajstić information content (AvgIpc) is 2.97. The second-order valence-corrected chi connectivity index (χ2v) is 3.63. The lowest BCUT2D eigenvalue weighted by molar-refractivity contribution is 0.0652. The Labute approximate surface area is 95.7 Å². The molecule has 2 N–H and O–H groups in total. The Balaban J connectivity index is 2.19. The third kappa shape index (κ3) is 1.48. The van der Waals surface area contributed by atoms with Gasteiger partial charge in [-0.2, -0.15) is 0 Å². The second-order valence-electron chi connectivity index (χ2n) is 3.63. The number of H-pyrrole nitrogens is 1. The Bertz CT molecular complexity index is 696. The predicted molar refractivity (Wildman–Crippen MR) is 60.8 cm³/mol. The first kappa shape index (κ1) is 9.65. The van der Waals surface area contributed by atoms with Crippen molar-refractivity contribution in [2.75, 3.05) is 0 Å². The number of aromatic carboxylic acids is 1. The van der Waals surface area contributed by atoms with Gasteiger partial charge in [-0.1, -0.05) is 23.4 Å². The van der Waals surface area contributed by atoms with E-state index in [9.17, 15) is 4.79 Å². The number of fused-ring (bicyclic) bond motifs is 1. The second kappa shape index (κ2) is 3.48. The van der Waals surface area contributed by atoms with Crippen LogP contribution in [0.5, 0.6) is 0 Å². The molecule has 5 heteroatoms. The quantitative estimate of drug-likeness (QED) is 0.706. The summed E-state index contributed by atoms with van der Waals surface area (Å²) in [6, 6.07) is 9.07. The number of aromatic nitrogens is 2. The van der Waals surface area contributed by atoms with Gasteiger partial charge in [0.2, 0.25) is 5.76 Å². The molecule has 0 aliphatic rings. The summed E-state index contributed by atoms with van der Waals surface area (Å²) in [7, 11) is 0. The molecule has 84 valence electrons. The molecule has 0 fully saturated rings. The highest BCUT2D eigenvalue weighted by Gasteiger charge is 2.14. The number of hydrogen-bond acceptors (Lipinski definition) is 3. The van der Waals surface area contributed by atoms with Crippen molar-refractivity contribution >= 4 is 16.9 Å². The molecule has 5 nitrogen and oxygen atoms in total. The fraction of sp³-hybridized carbons (Fsp3) is 0. The van der Waals surface area contributed by atoms with E-state index in [4.69, 9.17) is 9.63 Å². The standard InChI is InChI=1S/C12H8N2O3/c15-12(16)10-6-9(14-17-10)8-3-1-2-7-4-5-13-11(7)8/h1-6,13H,(H,15,16). The Morgan fingerprint density at radius 1 is 1.35 bits per heavy atom. The lowest BCUT2D eigenvalue weighted by Gasteiger charge is -1.97. The number of para-hydroxylation sites is 1. The maximum absolute atomic E-state index is 10.7. The molecule has 0 saturated carbocycles. The fourth-order valence-corrected chi connectivity index (χ4v) is 1.80. The number of carboxylic acids is 1. The smallest absolute Gasteiger partial charge is 0.374 e. The number of carboxylic acid groups (broad SMARTS) is 1. The third-order valence-corrected chi connectivity index (χ3v) is 2.58. The number of rotatable bonds is 2. The normalized spacial score (nSPS) is 10.8. The van der Waals surface area contributed by atoms with Gasteiger partial charge in [0.1, 0.15) is 5.69 Å². The van der Waals surface area contributed by atoms with Gasteiger partial charge in [0.05, 0.1) is 5.52 Å².